The zero-order chi connectivity index (χ0) is 28.3. The Labute approximate surface area is 232 Å². The summed E-state index contributed by atoms with van der Waals surface area (Å²) >= 11 is 6.73. The van der Waals surface area contributed by atoms with E-state index in [1.165, 1.54) is 0 Å². The largest absolute Gasteiger partial charge is 0.387 e. The summed E-state index contributed by atoms with van der Waals surface area (Å²) in [7, 11) is -3.23. The van der Waals surface area contributed by atoms with E-state index in [9.17, 15) is 18.0 Å². The molecule has 0 fully saturated rings. The Kier molecular flexibility index (Phi) is 8.56. The molecule has 0 unspecified atom stereocenters. The number of carbonyl (C=O) groups excluding carboxylic acids is 1. The number of fused-ring (bicyclic) bond motifs is 2. The number of nitrogens with zero attached hydrogens (tertiary/aromatic N) is 4. The van der Waals surface area contributed by atoms with Crippen LogP contribution in [0.3, 0.4) is 0 Å². The van der Waals surface area contributed by atoms with Gasteiger partial charge in [-0.05, 0) is 54.3 Å². The molecule has 1 aromatic heterocycles. The Hall–Kier alpha value is -3.50. The number of aliphatic imine (C=N–C) groups is 1. The number of sulfone groups is 1. The second-order valence-corrected chi connectivity index (χ2v) is 12.4. The number of hydrogen-bond acceptors (Lipinski definition) is 7. The Balaban J connectivity index is 1.71. The minimum atomic E-state index is -3.23. The van der Waals surface area contributed by atoms with E-state index in [2.05, 4.69) is 10.1 Å². The fourth-order valence-corrected chi connectivity index (χ4v) is 5.37. The molecule has 0 spiro atoms. The SMILES string of the molecule is CCCN(CCC)C(=O)C1=Cc2c(Cl)cc(-c3ccc4c(=O)n(CCS(C)(=O)=O)ncc4c3)cc2N=C(N)C1. The van der Waals surface area contributed by atoms with Crippen LogP contribution in [0.4, 0.5) is 5.69 Å². The van der Waals surface area contributed by atoms with E-state index in [0.717, 1.165) is 34.9 Å². The number of amidine groups is 1. The number of rotatable bonds is 9. The van der Waals surface area contributed by atoms with Gasteiger partial charge in [0.1, 0.15) is 15.7 Å². The zero-order valence-electron chi connectivity index (χ0n) is 22.3. The molecule has 0 saturated carbocycles. The molecule has 1 amide bonds. The highest BCUT2D eigenvalue weighted by Crippen LogP contribution is 2.37. The molecule has 0 radical (unpaired) electrons. The zero-order valence-corrected chi connectivity index (χ0v) is 23.8. The fraction of sp³-hybridized carbons (Fsp3) is 0.357. The second-order valence-electron chi connectivity index (χ2n) is 9.74. The van der Waals surface area contributed by atoms with E-state index in [4.69, 9.17) is 17.3 Å². The van der Waals surface area contributed by atoms with Crippen LogP contribution in [0.2, 0.25) is 5.02 Å². The van der Waals surface area contributed by atoms with Crippen molar-refractivity contribution in [2.75, 3.05) is 25.1 Å². The minimum Gasteiger partial charge on any atom is -0.387 e. The van der Waals surface area contributed by atoms with E-state index < -0.39 is 9.84 Å². The standard InChI is InChI=1S/C28H32ClN5O4S/c1-4-8-33(9-5-2)27(35)20-13-23-24(29)14-19(15-25(23)32-26(30)16-20)18-6-7-22-21(12-18)17-31-34(28(22)36)10-11-39(3,37)38/h6-7,12-15,17H,4-5,8-11,16H2,1-3H3,(H2,30,32). The van der Waals surface area contributed by atoms with Gasteiger partial charge in [0.05, 0.1) is 34.6 Å². The number of nitrogens with two attached hydrogens (primary N) is 1. The van der Waals surface area contributed by atoms with E-state index >= 15 is 0 Å². The lowest BCUT2D eigenvalue weighted by atomic mass is 9.99. The van der Waals surface area contributed by atoms with Gasteiger partial charge in [0.25, 0.3) is 5.56 Å². The van der Waals surface area contributed by atoms with Crippen LogP contribution in [0.1, 0.15) is 38.7 Å². The monoisotopic (exact) mass is 569 g/mol. The van der Waals surface area contributed by atoms with Gasteiger partial charge in [0, 0.05) is 42.3 Å². The van der Waals surface area contributed by atoms with Crippen molar-refractivity contribution in [2.45, 2.75) is 39.7 Å². The van der Waals surface area contributed by atoms with Crippen molar-refractivity contribution < 1.29 is 13.2 Å². The Morgan fingerprint density at radius 3 is 2.51 bits per heavy atom. The van der Waals surface area contributed by atoms with Gasteiger partial charge in [-0.15, -0.1) is 0 Å². The predicted molar refractivity (Wildman–Crippen MR) is 157 cm³/mol. The summed E-state index contributed by atoms with van der Waals surface area (Å²) in [5, 5.41) is 5.62. The third kappa shape index (κ3) is 6.57. The molecule has 1 aliphatic heterocycles. The number of carbonyl (C=O) groups is 1. The highest BCUT2D eigenvalue weighted by molar-refractivity contribution is 7.90. The molecule has 4 rings (SSSR count). The first-order valence-corrected chi connectivity index (χ1v) is 15.3. The molecule has 11 heteroatoms. The highest BCUT2D eigenvalue weighted by atomic mass is 35.5. The molecule has 0 saturated heterocycles. The number of aromatic nitrogens is 2. The van der Waals surface area contributed by atoms with Crippen LogP contribution < -0.4 is 11.3 Å². The molecule has 2 N–H and O–H groups in total. The third-order valence-electron chi connectivity index (χ3n) is 6.47. The summed E-state index contributed by atoms with van der Waals surface area (Å²) in [6.07, 6.45) is 6.41. The van der Waals surface area contributed by atoms with Crippen molar-refractivity contribution in [1.29, 1.82) is 0 Å². The third-order valence-corrected chi connectivity index (χ3v) is 7.71. The van der Waals surface area contributed by atoms with Gasteiger partial charge in [-0.1, -0.05) is 31.5 Å². The second kappa shape index (κ2) is 11.7. The average Bonchev–Trinajstić information content (AvgIpc) is 3.05. The molecule has 2 aromatic carbocycles. The first-order chi connectivity index (χ1) is 18.5. The molecule has 39 heavy (non-hydrogen) atoms. The fourth-order valence-electron chi connectivity index (χ4n) is 4.59. The molecule has 9 nitrogen and oxygen atoms in total. The molecule has 1 aliphatic rings. The summed E-state index contributed by atoms with van der Waals surface area (Å²) in [6.45, 7) is 5.40. The summed E-state index contributed by atoms with van der Waals surface area (Å²) in [5.41, 5.74) is 9.17. The van der Waals surface area contributed by atoms with E-state index in [1.807, 2.05) is 30.9 Å². The van der Waals surface area contributed by atoms with Gasteiger partial charge >= 0.3 is 0 Å². The first-order valence-electron chi connectivity index (χ1n) is 12.8. The van der Waals surface area contributed by atoms with Gasteiger partial charge in [-0.25, -0.2) is 18.1 Å². The van der Waals surface area contributed by atoms with Gasteiger partial charge in [-0.3, -0.25) is 9.59 Å². The normalized spacial score (nSPS) is 13.4. The van der Waals surface area contributed by atoms with Crippen LogP contribution in [0, 0.1) is 0 Å². The van der Waals surface area contributed by atoms with Crippen LogP contribution in [-0.4, -0.2) is 59.9 Å². The molecule has 0 bridgehead atoms. The van der Waals surface area contributed by atoms with Crippen LogP contribution in [0.15, 0.2) is 51.9 Å². The number of benzene rings is 2. The summed E-state index contributed by atoms with van der Waals surface area (Å²) in [4.78, 5) is 32.5. The van der Waals surface area contributed by atoms with Crippen LogP contribution in [0.5, 0.6) is 0 Å². The minimum absolute atomic E-state index is 0.0120. The van der Waals surface area contributed by atoms with Crippen LogP contribution in [-0.2, 0) is 21.2 Å². The highest BCUT2D eigenvalue weighted by Gasteiger charge is 2.22. The molecule has 3 aromatic rings. The maximum Gasteiger partial charge on any atom is 0.274 e. The maximum atomic E-state index is 13.3. The molecular weight excluding hydrogens is 538 g/mol. The lowest BCUT2D eigenvalue weighted by molar-refractivity contribution is -0.127. The van der Waals surface area contributed by atoms with E-state index in [-0.39, 0.29) is 30.2 Å². The first kappa shape index (κ1) is 28.5. The molecule has 206 valence electrons. The van der Waals surface area contributed by atoms with E-state index in [0.29, 0.717) is 51.5 Å². The van der Waals surface area contributed by atoms with Crippen molar-refractivity contribution in [2.24, 2.45) is 10.7 Å². The van der Waals surface area contributed by atoms with Crippen molar-refractivity contribution in [3.63, 3.8) is 0 Å². The number of amides is 1. The quantitative estimate of drug-likeness (QED) is 0.411. The van der Waals surface area contributed by atoms with Crippen molar-refractivity contribution in [3.05, 3.63) is 63.0 Å². The summed E-state index contributed by atoms with van der Waals surface area (Å²) < 4.78 is 24.1. The maximum absolute atomic E-state index is 13.3. The van der Waals surface area contributed by atoms with Crippen molar-refractivity contribution >= 4 is 55.7 Å². The van der Waals surface area contributed by atoms with E-state index in [1.54, 1.807) is 30.5 Å². The van der Waals surface area contributed by atoms with Crippen molar-refractivity contribution in [1.82, 2.24) is 14.7 Å². The topological polar surface area (TPSA) is 128 Å². The number of halogens is 1. The lowest BCUT2D eigenvalue weighted by Crippen LogP contribution is -2.34. The lowest BCUT2D eigenvalue weighted by Gasteiger charge is -2.22. The van der Waals surface area contributed by atoms with Gasteiger partial charge < -0.3 is 10.6 Å². The molecule has 0 atom stereocenters. The van der Waals surface area contributed by atoms with Crippen molar-refractivity contribution in [3.8, 4) is 11.1 Å². The smallest absolute Gasteiger partial charge is 0.274 e. The Morgan fingerprint density at radius 1 is 1.13 bits per heavy atom. The van der Waals surface area contributed by atoms with Gasteiger partial charge in [0.15, 0.2) is 0 Å². The van der Waals surface area contributed by atoms with Crippen LogP contribution >= 0.6 is 11.6 Å². The summed E-state index contributed by atoms with van der Waals surface area (Å²) in [6, 6.07) is 8.97. The Bertz CT molecular complexity index is 1650. The average molecular weight is 570 g/mol. The molecule has 0 aliphatic carbocycles. The molecule has 2 heterocycles. The molecular formula is C28H32ClN5O4S. The predicted octanol–water partition coefficient (Wildman–Crippen LogP) is 4.19. The number of hydrogen-bond donors (Lipinski definition) is 1. The van der Waals surface area contributed by atoms with Crippen LogP contribution in [0.25, 0.3) is 28.0 Å². The van der Waals surface area contributed by atoms with Gasteiger partial charge in [-0.2, -0.15) is 5.10 Å². The van der Waals surface area contributed by atoms with Gasteiger partial charge in [0.2, 0.25) is 5.91 Å². The number of aryl methyl sites for hydroxylation is 1. The summed E-state index contributed by atoms with van der Waals surface area (Å²) in [5.74, 6) is 0.0959. The Morgan fingerprint density at radius 2 is 1.85 bits per heavy atom.